The van der Waals surface area contributed by atoms with Crippen molar-refractivity contribution in [1.82, 2.24) is 0 Å². The average molecular weight is 1870 g/mol. The zero-order valence-electron chi connectivity index (χ0n) is 92.5. The fourth-order valence-electron chi connectivity index (χ4n) is 22.4. The number of nitrogens with zero attached hydrogens (tertiary/aromatic N) is 4. The SMILES string of the molecule is CCC(C)c1cc(C(C)CC)cc(N(c2cc(C(C)CC)cc(C(C)CC)c2)c2cc(N(c3cc(C(C)CC)cc(C(C)CC)c3)c3cc(C(C)CC)cc(C(C)CC)c3)cc(C3(c4cc5cc(c4)N(c4cc(C(C)CC)cc(C(C)CC)c4)c4cc(C(C)CC)cc(c4)C(CC)CC(CC)c4cc(C(C)CC)cc(c4)N5c4cc(C(C)CC)cc(C(C)CC)c4)c4ccccc4-c4ccccc43)c2)c1. The first-order valence-electron chi connectivity index (χ1n) is 56.3. The second-order valence-corrected chi connectivity index (χ2v) is 44.3. The number of hydrogen-bond donors (Lipinski definition) is 0. The van der Waals surface area contributed by atoms with Crippen LogP contribution in [0, 0.1) is 0 Å². The molecule has 0 spiro atoms. The summed E-state index contributed by atoms with van der Waals surface area (Å²) in [4.78, 5) is 11.2. The minimum absolute atomic E-state index is 0.278. The summed E-state index contributed by atoms with van der Waals surface area (Å²) in [6.45, 7) is 73.2. The van der Waals surface area contributed by atoms with E-state index < -0.39 is 5.41 Å². The van der Waals surface area contributed by atoms with Crippen molar-refractivity contribution in [3.05, 3.63) is 342 Å². The molecule has 12 aromatic rings. The van der Waals surface area contributed by atoms with Gasteiger partial charge in [0.25, 0.3) is 0 Å². The first-order valence-corrected chi connectivity index (χ1v) is 56.3. The van der Waals surface area contributed by atoms with Crippen molar-refractivity contribution in [2.24, 2.45) is 0 Å². The minimum Gasteiger partial charge on any atom is -0.310 e. The van der Waals surface area contributed by atoms with E-state index in [9.17, 15) is 0 Å². The van der Waals surface area contributed by atoms with E-state index in [0.717, 1.165) is 132 Å². The Morgan fingerprint density at radius 3 is 0.636 bits per heavy atom. The van der Waals surface area contributed by atoms with Crippen molar-refractivity contribution in [2.75, 3.05) is 19.6 Å². The van der Waals surface area contributed by atoms with E-state index in [1.807, 2.05) is 0 Å². The van der Waals surface area contributed by atoms with Gasteiger partial charge in [0.2, 0.25) is 0 Å². The fourth-order valence-corrected chi connectivity index (χ4v) is 22.4. The average Bonchev–Trinajstić information content (AvgIpc) is 1.52. The number of hydrogen-bond acceptors (Lipinski definition) is 4. The third-order valence-electron chi connectivity index (χ3n) is 35.5. The normalized spacial score (nSPS) is 17.1. The van der Waals surface area contributed by atoms with Crippen molar-refractivity contribution in [1.29, 1.82) is 0 Å². The molecule has 742 valence electrons. The van der Waals surface area contributed by atoms with E-state index in [2.05, 4.69) is 458 Å². The quantitative estimate of drug-likeness (QED) is 0.0379. The molecule has 1 aliphatic heterocycles. The van der Waals surface area contributed by atoms with Crippen LogP contribution in [0.2, 0.25) is 0 Å². The van der Waals surface area contributed by atoms with Crippen molar-refractivity contribution in [3.8, 4) is 11.1 Å². The molecule has 0 fully saturated rings. The van der Waals surface area contributed by atoms with E-state index in [0.29, 0.717) is 82.9 Å². The predicted octanol–water partition coefficient (Wildman–Crippen LogP) is 43.5. The van der Waals surface area contributed by atoms with Crippen LogP contribution in [0.1, 0.15) is 523 Å². The molecule has 1 heterocycles. The number of benzene rings is 12. The van der Waals surface area contributed by atoms with E-state index in [-0.39, 0.29) is 11.8 Å². The van der Waals surface area contributed by atoms with Crippen molar-refractivity contribution < 1.29 is 0 Å². The number of anilines is 12. The van der Waals surface area contributed by atoms with Crippen LogP contribution in [0.3, 0.4) is 0 Å². The maximum Gasteiger partial charge on any atom is 0.0716 e. The first kappa shape index (κ1) is 106. The molecular weight excluding hydrogens is 1690 g/mol. The lowest BCUT2D eigenvalue weighted by Gasteiger charge is -2.39. The van der Waals surface area contributed by atoms with Crippen LogP contribution in [0.5, 0.6) is 0 Å². The van der Waals surface area contributed by atoms with Crippen LogP contribution in [-0.4, -0.2) is 0 Å². The van der Waals surface area contributed by atoms with Crippen LogP contribution >= 0.6 is 0 Å². The predicted molar refractivity (Wildman–Crippen MR) is 615 cm³/mol. The first-order chi connectivity index (χ1) is 67.4. The lowest BCUT2D eigenvalue weighted by atomic mass is 9.67. The summed E-state index contributed by atoms with van der Waals surface area (Å²) < 4.78 is 0. The molecule has 0 radical (unpaired) electrons. The van der Waals surface area contributed by atoms with E-state index in [1.165, 1.54) is 168 Å². The molecule has 0 amide bonds. The Bertz CT molecular complexity index is 5540. The van der Waals surface area contributed by atoms with Crippen LogP contribution in [0.4, 0.5) is 68.2 Å². The lowest BCUT2D eigenvalue weighted by Crippen LogP contribution is -2.30. The fraction of sp³-hybridized carbons (Fsp3) is 0.471. The summed E-state index contributed by atoms with van der Waals surface area (Å²) in [5.41, 5.74) is 43.0. The number of fused-ring (bicyclic) bond motifs is 9. The third kappa shape index (κ3) is 21.7. The van der Waals surface area contributed by atoms with Crippen LogP contribution in [0.25, 0.3) is 11.1 Å². The molecule has 12 aromatic carbocycles. The summed E-state index contributed by atoms with van der Waals surface area (Å²) >= 11 is 0. The highest BCUT2D eigenvalue weighted by Crippen LogP contribution is 2.62. The Morgan fingerprint density at radius 1 is 0.214 bits per heavy atom. The van der Waals surface area contributed by atoms with Gasteiger partial charge in [0.15, 0.2) is 0 Å². The van der Waals surface area contributed by atoms with Gasteiger partial charge in [-0.3, -0.25) is 0 Å². The van der Waals surface area contributed by atoms with Crippen molar-refractivity contribution in [2.45, 2.75) is 417 Å². The molecule has 16 atom stereocenters. The topological polar surface area (TPSA) is 13.0 Å². The second kappa shape index (κ2) is 46.5. The zero-order chi connectivity index (χ0) is 101. The summed E-state index contributed by atoms with van der Waals surface area (Å²) in [6, 6.07) is 99.0. The van der Waals surface area contributed by atoms with Gasteiger partial charge >= 0.3 is 0 Å². The van der Waals surface area contributed by atoms with Gasteiger partial charge in [-0.05, 0) is 460 Å². The Hall–Kier alpha value is -10.2. The molecule has 2 aliphatic rings. The Balaban J connectivity index is 1.32. The highest BCUT2D eigenvalue weighted by atomic mass is 15.2. The molecule has 0 aromatic heterocycles. The van der Waals surface area contributed by atoms with Gasteiger partial charge in [0.1, 0.15) is 0 Å². The minimum atomic E-state index is -1.07. The molecule has 140 heavy (non-hydrogen) atoms. The molecule has 6 bridgehead atoms. The monoisotopic (exact) mass is 1870 g/mol. The molecule has 16 unspecified atom stereocenters. The molecule has 4 nitrogen and oxygen atoms in total. The van der Waals surface area contributed by atoms with E-state index in [4.69, 9.17) is 0 Å². The van der Waals surface area contributed by atoms with E-state index in [1.54, 1.807) is 0 Å². The van der Waals surface area contributed by atoms with E-state index >= 15 is 0 Å². The molecule has 4 heteroatoms. The lowest BCUT2D eigenvalue weighted by molar-refractivity contribution is 0.507. The van der Waals surface area contributed by atoms with Crippen molar-refractivity contribution in [3.63, 3.8) is 0 Å². The van der Waals surface area contributed by atoms with Gasteiger partial charge < -0.3 is 19.6 Å². The highest BCUT2D eigenvalue weighted by molar-refractivity contribution is 5.94. The van der Waals surface area contributed by atoms with Gasteiger partial charge in [0.05, 0.1) is 5.41 Å². The largest absolute Gasteiger partial charge is 0.310 e. The third-order valence-corrected chi connectivity index (χ3v) is 35.5. The summed E-state index contributed by atoms with van der Waals surface area (Å²) in [7, 11) is 0. The Labute approximate surface area is 851 Å². The maximum absolute atomic E-state index is 2.82. The standard InChI is InChI=1S/C136H178N4/c1-31-86(17)102-56-103(87(18)32-2)65-120(64-102)137(121-66-104(88(19)33-3)57-105(67-121)89(20)34-4)128-80-118(81-129(84-128)138(122-68-106(90(21)35-5)58-107(69-122)91(22)36-6)123-70-108(92(23)37-7)59-109(71-123)93(24)38-8)136(134-53-49-47-51-132(134)133-52-48-50-54-135(133)136)119-82-130-85-131(83-119)140(125-74-112(96(27)41-11)61-113(75-125)97(28)42-12)127-77-115(99(30)44-14)63-117(79-127)101(46-16)55-100(45-15)116-62-114(98(29)43-13)76-126(78-116)139(130)124-72-110(94(25)39-9)60-111(73-124)95(26)40-10/h47-54,56-101H,31-46,55H2,1-30H3. The van der Waals surface area contributed by atoms with Crippen LogP contribution < -0.4 is 19.6 Å². The smallest absolute Gasteiger partial charge is 0.0716 e. The Kier molecular flexibility index (Phi) is 35.1. The maximum atomic E-state index is 2.82. The molecular formula is C136H178N4. The molecule has 14 rings (SSSR count). The van der Waals surface area contributed by atoms with Crippen LogP contribution in [0.15, 0.2) is 231 Å². The molecule has 0 N–H and O–H groups in total. The summed E-state index contributed by atoms with van der Waals surface area (Å²) in [5, 5.41) is 0. The van der Waals surface area contributed by atoms with Gasteiger partial charge in [-0.25, -0.2) is 0 Å². The molecule has 1 aliphatic carbocycles. The zero-order valence-corrected chi connectivity index (χ0v) is 92.5. The van der Waals surface area contributed by atoms with Gasteiger partial charge in [-0.1, -0.05) is 305 Å². The molecule has 0 saturated heterocycles. The Morgan fingerprint density at radius 2 is 0.407 bits per heavy atom. The van der Waals surface area contributed by atoms with Crippen LogP contribution in [-0.2, 0) is 5.41 Å². The molecule has 0 saturated carbocycles. The highest BCUT2D eigenvalue weighted by Gasteiger charge is 2.48. The second-order valence-electron chi connectivity index (χ2n) is 44.3. The summed E-state index contributed by atoms with van der Waals surface area (Å²) in [6.07, 6.45) is 17.5. The van der Waals surface area contributed by atoms with Gasteiger partial charge in [-0.15, -0.1) is 0 Å². The van der Waals surface area contributed by atoms with Gasteiger partial charge in [0, 0.05) is 68.2 Å². The van der Waals surface area contributed by atoms with Gasteiger partial charge in [-0.2, -0.15) is 0 Å². The number of rotatable bonds is 40. The van der Waals surface area contributed by atoms with Crippen molar-refractivity contribution >= 4 is 68.2 Å². The summed E-state index contributed by atoms with van der Waals surface area (Å²) in [5.74, 6) is 4.83.